The summed E-state index contributed by atoms with van der Waals surface area (Å²) in [6.07, 6.45) is 1.76. The predicted molar refractivity (Wildman–Crippen MR) is 157 cm³/mol. The molecule has 0 aromatic heterocycles. The molecule has 0 aliphatic carbocycles. The molecule has 0 saturated heterocycles. The summed E-state index contributed by atoms with van der Waals surface area (Å²) in [5.74, 6) is -1.56. The fourth-order valence-corrected chi connectivity index (χ4v) is 5.35. The molecular weight excluding hydrogens is 529 g/mol. The van der Waals surface area contributed by atoms with Crippen molar-refractivity contribution >= 4 is 27.5 Å². The molecule has 2 amide bonds. The van der Waals surface area contributed by atoms with Gasteiger partial charge in [0.25, 0.3) is 0 Å². The smallest absolute Gasteiger partial charge is 0.244 e. The SMILES string of the molecule is CCc1ccccc1N(CC(=O)N(Cc1ccccc1F)C(Cc1ccccc1)C(=O)NC(C)(C)C)S(C)(=O)=O. The lowest BCUT2D eigenvalue weighted by atomic mass is 10.0. The molecule has 3 aromatic rings. The van der Waals surface area contributed by atoms with Crippen LogP contribution in [0.3, 0.4) is 0 Å². The highest BCUT2D eigenvalue weighted by Crippen LogP contribution is 2.25. The van der Waals surface area contributed by atoms with Gasteiger partial charge < -0.3 is 10.2 Å². The minimum atomic E-state index is -3.88. The molecule has 1 N–H and O–H groups in total. The second-order valence-corrected chi connectivity index (χ2v) is 12.7. The van der Waals surface area contributed by atoms with Crippen LogP contribution >= 0.6 is 0 Å². The van der Waals surface area contributed by atoms with Crippen molar-refractivity contribution in [3.63, 3.8) is 0 Å². The first-order chi connectivity index (χ1) is 18.8. The number of carbonyl (C=O) groups is 2. The van der Waals surface area contributed by atoms with Gasteiger partial charge in [0.05, 0.1) is 11.9 Å². The summed E-state index contributed by atoms with van der Waals surface area (Å²) in [7, 11) is -3.88. The standard InChI is InChI=1S/C31H38FN3O4S/c1-6-24-16-11-13-19-27(24)35(40(5,38)39)22-29(36)34(21-25-17-10-12-18-26(25)32)28(30(37)33-31(2,3)4)20-23-14-8-7-9-15-23/h7-19,28H,6,20-22H2,1-5H3,(H,33,37). The number of para-hydroxylation sites is 1. The van der Waals surface area contributed by atoms with E-state index < -0.39 is 45.8 Å². The second kappa shape index (κ2) is 13.1. The molecule has 7 nitrogen and oxygen atoms in total. The maximum Gasteiger partial charge on any atom is 0.244 e. The zero-order chi connectivity index (χ0) is 29.5. The van der Waals surface area contributed by atoms with E-state index in [2.05, 4.69) is 5.32 Å². The Morgan fingerprint density at radius 2 is 1.48 bits per heavy atom. The molecule has 0 aliphatic heterocycles. The van der Waals surface area contributed by atoms with Gasteiger partial charge in [-0.05, 0) is 50.5 Å². The highest BCUT2D eigenvalue weighted by atomic mass is 32.2. The minimum Gasteiger partial charge on any atom is -0.350 e. The van der Waals surface area contributed by atoms with Crippen LogP contribution in [0.25, 0.3) is 0 Å². The third kappa shape index (κ3) is 8.39. The van der Waals surface area contributed by atoms with Gasteiger partial charge in [0.15, 0.2) is 0 Å². The summed E-state index contributed by atoms with van der Waals surface area (Å²) in [6, 6.07) is 21.2. The summed E-state index contributed by atoms with van der Waals surface area (Å²) in [5, 5.41) is 2.95. The Kier molecular flexibility index (Phi) is 10.1. The number of hydrogen-bond acceptors (Lipinski definition) is 4. The average molecular weight is 568 g/mol. The highest BCUT2D eigenvalue weighted by Gasteiger charge is 2.35. The molecule has 0 fully saturated rings. The number of anilines is 1. The molecule has 40 heavy (non-hydrogen) atoms. The number of amides is 2. The van der Waals surface area contributed by atoms with E-state index in [0.717, 1.165) is 21.7 Å². The summed E-state index contributed by atoms with van der Waals surface area (Å²) < 4.78 is 41.8. The van der Waals surface area contributed by atoms with Gasteiger partial charge in [-0.2, -0.15) is 0 Å². The van der Waals surface area contributed by atoms with Gasteiger partial charge in [0.2, 0.25) is 21.8 Å². The molecule has 1 unspecified atom stereocenters. The lowest BCUT2D eigenvalue weighted by molar-refractivity contribution is -0.140. The summed E-state index contributed by atoms with van der Waals surface area (Å²) in [4.78, 5) is 29.1. The number of nitrogens with zero attached hydrogens (tertiary/aromatic N) is 2. The second-order valence-electron chi connectivity index (χ2n) is 10.8. The topological polar surface area (TPSA) is 86.8 Å². The Morgan fingerprint density at radius 3 is 2.05 bits per heavy atom. The number of carbonyl (C=O) groups excluding carboxylic acids is 2. The quantitative estimate of drug-likeness (QED) is 0.364. The van der Waals surface area contributed by atoms with Crippen LogP contribution in [0.15, 0.2) is 78.9 Å². The third-order valence-corrected chi connectivity index (χ3v) is 7.51. The number of hydrogen-bond donors (Lipinski definition) is 1. The van der Waals surface area contributed by atoms with E-state index in [-0.39, 0.29) is 18.5 Å². The molecule has 1 atom stereocenters. The molecule has 0 radical (unpaired) electrons. The van der Waals surface area contributed by atoms with Crippen molar-refractivity contribution in [3.05, 3.63) is 101 Å². The van der Waals surface area contributed by atoms with Crippen molar-refractivity contribution in [2.45, 2.75) is 58.7 Å². The van der Waals surface area contributed by atoms with Gasteiger partial charge >= 0.3 is 0 Å². The van der Waals surface area contributed by atoms with Crippen molar-refractivity contribution in [2.24, 2.45) is 0 Å². The van der Waals surface area contributed by atoms with Gasteiger partial charge in [-0.15, -0.1) is 0 Å². The van der Waals surface area contributed by atoms with Crippen LogP contribution in [0.2, 0.25) is 0 Å². The minimum absolute atomic E-state index is 0.160. The molecule has 0 saturated carbocycles. The molecule has 0 bridgehead atoms. The maximum atomic E-state index is 14.8. The van der Waals surface area contributed by atoms with Gasteiger partial charge in [-0.25, -0.2) is 12.8 Å². The molecule has 214 valence electrons. The van der Waals surface area contributed by atoms with Crippen LogP contribution in [-0.4, -0.2) is 49.5 Å². The zero-order valence-corrected chi connectivity index (χ0v) is 24.5. The molecule has 9 heteroatoms. The molecule has 0 spiro atoms. The molecule has 3 aromatic carbocycles. The monoisotopic (exact) mass is 567 g/mol. The van der Waals surface area contributed by atoms with E-state index in [0.29, 0.717) is 12.1 Å². The molecule has 0 aliphatic rings. The molecule has 3 rings (SSSR count). The fourth-order valence-electron chi connectivity index (χ4n) is 4.46. The predicted octanol–water partition coefficient (Wildman–Crippen LogP) is 4.71. The van der Waals surface area contributed by atoms with E-state index in [1.54, 1.807) is 30.3 Å². The third-order valence-electron chi connectivity index (χ3n) is 6.39. The van der Waals surface area contributed by atoms with Crippen molar-refractivity contribution < 1.29 is 22.4 Å². The van der Waals surface area contributed by atoms with E-state index >= 15 is 0 Å². The Bertz CT molecular complexity index is 1420. The number of aryl methyl sites for hydroxylation is 1. The average Bonchev–Trinajstić information content (AvgIpc) is 2.89. The van der Waals surface area contributed by atoms with Crippen molar-refractivity contribution in [3.8, 4) is 0 Å². The normalized spacial score (nSPS) is 12.4. The van der Waals surface area contributed by atoms with Gasteiger partial charge in [0.1, 0.15) is 18.4 Å². The van der Waals surface area contributed by atoms with E-state index in [4.69, 9.17) is 0 Å². The summed E-state index contributed by atoms with van der Waals surface area (Å²) in [6.45, 7) is 6.64. The number of benzene rings is 3. The van der Waals surface area contributed by atoms with Crippen molar-refractivity contribution in [1.29, 1.82) is 0 Å². The Morgan fingerprint density at radius 1 is 0.900 bits per heavy atom. The number of sulfonamides is 1. The Hall–Kier alpha value is -3.72. The van der Waals surface area contributed by atoms with Crippen LogP contribution in [0.1, 0.15) is 44.4 Å². The Labute approximate surface area is 237 Å². The van der Waals surface area contributed by atoms with Crippen LogP contribution in [0, 0.1) is 5.82 Å². The van der Waals surface area contributed by atoms with E-state index in [1.807, 2.05) is 70.2 Å². The fraction of sp³-hybridized carbons (Fsp3) is 0.355. The van der Waals surface area contributed by atoms with Gasteiger partial charge in [-0.1, -0.05) is 73.7 Å². The lowest BCUT2D eigenvalue weighted by Gasteiger charge is -2.35. The van der Waals surface area contributed by atoms with E-state index in [1.165, 1.54) is 11.0 Å². The van der Waals surface area contributed by atoms with Gasteiger partial charge in [-0.3, -0.25) is 13.9 Å². The van der Waals surface area contributed by atoms with Crippen LogP contribution in [-0.2, 0) is 39.0 Å². The lowest BCUT2D eigenvalue weighted by Crippen LogP contribution is -2.56. The van der Waals surface area contributed by atoms with Crippen LogP contribution < -0.4 is 9.62 Å². The Balaban J connectivity index is 2.11. The van der Waals surface area contributed by atoms with Gasteiger partial charge in [0, 0.05) is 24.1 Å². The van der Waals surface area contributed by atoms with Crippen molar-refractivity contribution in [2.75, 3.05) is 17.1 Å². The van der Waals surface area contributed by atoms with Crippen molar-refractivity contribution in [1.82, 2.24) is 10.2 Å². The first kappa shape index (κ1) is 30.8. The van der Waals surface area contributed by atoms with Crippen LogP contribution in [0.5, 0.6) is 0 Å². The first-order valence-corrected chi connectivity index (χ1v) is 15.1. The highest BCUT2D eigenvalue weighted by molar-refractivity contribution is 7.92. The van der Waals surface area contributed by atoms with E-state index in [9.17, 15) is 22.4 Å². The summed E-state index contributed by atoms with van der Waals surface area (Å²) >= 11 is 0. The zero-order valence-electron chi connectivity index (χ0n) is 23.7. The number of nitrogens with one attached hydrogen (secondary N) is 1. The number of rotatable bonds is 11. The summed E-state index contributed by atoms with van der Waals surface area (Å²) in [5.41, 5.74) is 1.58. The maximum absolute atomic E-state index is 14.8. The largest absolute Gasteiger partial charge is 0.350 e. The van der Waals surface area contributed by atoms with Crippen LogP contribution in [0.4, 0.5) is 10.1 Å². The molecule has 0 heterocycles. The number of halogens is 1. The first-order valence-electron chi connectivity index (χ1n) is 13.2. The molecular formula is C31H38FN3O4S.